The maximum absolute atomic E-state index is 11.8. The molecule has 0 aliphatic carbocycles. The van der Waals surface area contributed by atoms with Crippen molar-refractivity contribution < 1.29 is 19.4 Å². The number of para-hydroxylation sites is 2. The van der Waals surface area contributed by atoms with Crippen LogP contribution in [0.1, 0.15) is 36.8 Å². The summed E-state index contributed by atoms with van der Waals surface area (Å²) in [5.41, 5.74) is 1.57. The van der Waals surface area contributed by atoms with Crippen LogP contribution in [0, 0.1) is 0 Å². The van der Waals surface area contributed by atoms with Crippen molar-refractivity contribution in [3.63, 3.8) is 0 Å². The van der Waals surface area contributed by atoms with Crippen molar-refractivity contribution in [2.24, 2.45) is 0 Å². The maximum atomic E-state index is 11.8. The summed E-state index contributed by atoms with van der Waals surface area (Å²) < 4.78 is 11.2. The third-order valence-corrected chi connectivity index (χ3v) is 3.96. The summed E-state index contributed by atoms with van der Waals surface area (Å²) in [6.07, 6.45) is 2.39. The number of aliphatic carboxylic acids is 1. The van der Waals surface area contributed by atoms with Gasteiger partial charge in [-0.15, -0.1) is 0 Å². The summed E-state index contributed by atoms with van der Waals surface area (Å²) in [4.78, 5) is 11.8. The SMILES string of the molecule is CCCCOc1ccccc1CC(C(=O)O)c1ccccc1OC. The van der Waals surface area contributed by atoms with Crippen LogP contribution in [-0.2, 0) is 11.2 Å². The quantitative estimate of drug-likeness (QED) is 0.698. The van der Waals surface area contributed by atoms with Crippen LogP contribution in [0.3, 0.4) is 0 Å². The van der Waals surface area contributed by atoms with E-state index in [4.69, 9.17) is 9.47 Å². The van der Waals surface area contributed by atoms with Crippen LogP contribution in [-0.4, -0.2) is 24.8 Å². The van der Waals surface area contributed by atoms with Gasteiger partial charge in [0.1, 0.15) is 11.5 Å². The smallest absolute Gasteiger partial charge is 0.311 e. The Kier molecular flexibility index (Phi) is 6.67. The predicted molar refractivity (Wildman–Crippen MR) is 93.9 cm³/mol. The number of rotatable bonds is 9. The molecule has 1 unspecified atom stereocenters. The fourth-order valence-corrected chi connectivity index (χ4v) is 2.64. The van der Waals surface area contributed by atoms with Gasteiger partial charge in [-0.25, -0.2) is 0 Å². The molecule has 4 heteroatoms. The molecule has 0 saturated heterocycles. The zero-order valence-electron chi connectivity index (χ0n) is 14.2. The van der Waals surface area contributed by atoms with E-state index >= 15 is 0 Å². The Bertz CT molecular complexity index is 666. The molecule has 0 radical (unpaired) electrons. The average molecular weight is 328 g/mol. The highest BCUT2D eigenvalue weighted by atomic mass is 16.5. The molecule has 2 aromatic rings. The number of carboxylic acid groups (broad SMARTS) is 1. The van der Waals surface area contributed by atoms with Gasteiger partial charge in [0.15, 0.2) is 0 Å². The van der Waals surface area contributed by atoms with Gasteiger partial charge in [-0.2, -0.15) is 0 Å². The minimum atomic E-state index is -0.872. The van der Waals surface area contributed by atoms with E-state index in [0.29, 0.717) is 24.3 Å². The molecule has 1 atom stereocenters. The van der Waals surface area contributed by atoms with E-state index in [9.17, 15) is 9.90 Å². The van der Waals surface area contributed by atoms with Crippen LogP contribution in [0.25, 0.3) is 0 Å². The molecule has 0 aromatic heterocycles. The third-order valence-electron chi connectivity index (χ3n) is 3.96. The van der Waals surface area contributed by atoms with Crippen LogP contribution < -0.4 is 9.47 Å². The zero-order chi connectivity index (χ0) is 17.4. The molecular weight excluding hydrogens is 304 g/mol. The van der Waals surface area contributed by atoms with Crippen molar-refractivity contribution >= 4 is 5.97 Å². The molecule has 0 spiro atoms. The Hall–Kier alpha value is -2.49. The van der Waals surface area contributed by atoms with E-state index in [0.717, 1.165) is 24.2 Å². The van der Waals surface area contributed by atoms with E-state index in [1.54, 1.807) is 19.2 Å². The molecule has 0 bridgehead atoms. The largest absolute Gasteiger partial charge is 0.496 e. The van der Waals surface area contributed by atoms with Crippen LogP contribution in [0.15, 0.2) is 48.5 Å². The lowest BCUT2D eigenvalue weighted by Gasteiger charge is -2.18. The van der Waals surface area contributed by atoms with Crippen LogP contribution >= 0.6 is 0 Å². The van der Waals surface area contributed by atoms with Crippen LogP contribution in [0.5, 0.6) is 11.5 Å². The highest BCUT2D eigenvalue weighted by molar-refractivity contribution is 5.78. The van der Waals surface area contributed by atoms with E-state index in [-0.39, 0.29) is 0 Å². The number of unbranched alkanes of at least 4 members (excludes halogenated alkanes) is 1. The summed E-state index contributed by atoms with van der Waals surface area (Å²) in [5.74, 6) is -0.207. The van der Waals surface area contributed by atoms with Gasteiger partial charge in [0, 0.05) is 5.56 Å². The second-order valence-corrected chi connectivity index (χ2v) is 5.65. The maximum Gasteiger partial charge on any atom is 0.311 e. The molecule has 2 rings (SSSR count). The molecule has 4 nitrogen and oxygen atoms in total. The first-order valence-electron chi connectivity index (χ1n) is 8.23. The normalized spacial score (nSPS) is 11.8. The van der Waals surface area contributed by atoms with Crippen LogP contribution in [0.4, 0.5) is 0 Å². The number of carbonyl (C=O) groups is 1. The number of carboxylic acids is 1. The van der Waals surface area contributed by atoms with Gasteiger partial charge in [0.05, 0.1) is 19.6 Å². The summed E-state index contributed by atoms with van der Waals surface area (Å²) in [5, 5.41) is 9.72. The van der Waals surface area contributed by atoms with Gasteiger partial charge >= 0.3 is 5.97 Å². The van der Waals surface area contributed by atoms with E-state index in [2.05, 4.69) is 6.92 Å². The zero-order valence-corrected chi connectivity index (χ0v) is 14.2. The lowest BCUT2D eigenvalue weighted by Crippen LogP contribution is -2.16. The van der Waals surface area contributed by atoms with Crippen molar-refractivity contribution in [3.8, 4) is 11.5 Å². The molecule has 0 aliphatic rings. The first-order valence-corrected chi connectivity index (χ1v) is 8.23. The minimum Gasteiger partial charge on any atom is -0.496 e. The minimum absolute atomic E-state index is 0.359. The predicted octanol–water partition coefficient (Wildman–Crippen LogP) is 4.29. The van der Waals surface area contributed by atoms with Crippen LogP contribution in [0.2, 0.25) is 0 Å². The lowest BCUT2D eigenvalue weighted by molar-refractivity contribution is -0.138. The average Bonchev–Trinajstić information content (AvgIpc) is 2.60. The van der Waals surface area contributed by atoms with E-state index < -0.39 is 11.9 Å². The topological polar surface area (TPSA) is 55.8 Å². The molecular formula is C20H24O4. The van der Waals surface area contributed by atoms with E-state index in [1.807, 2.05) is 36.4 Å². The molecule has 128 valence electrons. The second-order valence-electron chi connectivity index (χ2n) is 5.65. The number of hydrogen-bond acceptors (Lipinski definition) is 3. The monoisotopic (exact) mass is 328 g/mol. The van der Waals surface area contributed by atoms with Gasteiger partial charge in [-0.1, -0.05) is 49.7 Å². The highest BCUT2D eigenvalue weighted by Gasteiger charge is 2.24. The fraction of sp³-hybridized carbons (Fsp3) is 0.350. The Morgan fingerprint density at radius 2 is 1.75 bits per heavy atom. The molecule has 0 heterocycles. The van der Waals surface area contributed by atoms with Crippen molar-refractivity contribution in [2.75, 3.05) is 13.7 Å². The van der Waals surface area contributed by atoms with Crippen molar-refractivity contribution in [1.82, 2.24) is 0 Å². The standard InChI is InChI=1S/C20H24O4/c1-3-4-13-24-18-11-7-5-9-15(18)14-17(20(21)22)16-10-6-8-12-19(16)23-2/h5-12,17H,3-4,13-14H2,1-2H3,(H,21,22). The molecule has 2 aromatic carbocycles. The Balaban J connectivity index is 2.27. The van der Waals surface area contributed by atoms with Crippen molar-refractivity contribution in [1.29, 1.82) is 0 Å². The molecule has 0 saturated carbocycles. The van der Waals surface area contributed by atoms with Gasteiger partial charge in [0.2, 0.25) is 0 Å². The molecule has 24 heavy (non-hydrogen) atoms. The number of methoxy groups -OCH3 is 1. The van der Waals surface area contributed by atoms with Crippen molar-refractivity contribution in [3.05, 3.63) is 59.7 Å². The first kappa shape index (κ1) is 17.9. The first-order chi connectivity index (χ1) is 11.7. The summed E-state index contributed by atoms with van der Waals surface area (Å²) in [6, 6.07) is 14.9. The second kappa shape index (κ2) is 8.96. The van der Waals surface area contributed by atoms with Gasteiger partial charge < -0.3 is 14.6 Å². The number of hydrogen-bond donors (Lipinski definition) is 1. The fourth-order valence-electron chi connectivity index (χ4n) is 2.64. The summed E-state index contributed by atoms with van der Waals surface area (Å²) in [6.45, 7) is 2.75. The molecule has 0 aliphatic heterocycles. The Labute approximate surface area is 143 Å². The Morgan fingerprint density at radius 1 is 1.08 bits per heavy atom. The summed E-state index contributed by atoms with van der Waals surface area (Å²) >= 11 is 0. The summed E-state index contributed by atoms with van der Waals surface area (Å²) in [7, 11) is 1.56. The van der Waals surface area contributed by atoms with Crippen molar-refractivity contribution in [2.45, 2.75) is 32.1 Å². The van der Waals surface area contributed by atoms with Gasteiger partial charge in [-0.3, -0.25) is 4.79 Å². The highest BCUT2D eigenvalue weighted by Crippen LogP contribution is 2.32. The lowest BCUT2D eigenvalue weighted by atomic mass is 9.91. The molecule has 1 N–H and O–H groups in total. The van der Waals surface area contributed by atoms with Gasteiger partial charge in [-0.05, 0) is 30.5 Å². The third kappa shape index (κ3) is 4.51. The molecule has 0 amide bonds. The Morgan fingerprint density at radius 3 is 2.42 bits per heavy atom. The number of benzene rings is 2. The van der Waals surface area contributed by atoms with Gasteiger partial charge in [0.25, 0.3) is 0 Å². The molecule has 0 fully saturated rings. The number of ether oxygens (including phenoxy) is 2. The van der Waals surface area contributed by atoms with E-state index in [1.165, 1.54) is 0 Å².